The highest BCUT2D eigenvalue weighted by molar-refractivity contribution is 6.05. The van der Waals surface area contributed by atoms with E-state index >= 15 is 0 Å². The van der Waals surface area contributed by atoms with Crippen LogP contribution in [0.2, 0.25) is 0 Å². The first kappa shape index (κ1) is 22.8. The molecule has 0 saturated carbocycles. The second-order valence-corrected chi connectivity index (χ2v) is 7.61. The summed E-state index contributed by atoms with van der Waals surface area (Å²) in [4.78, 5) is 32.4. The van der Waals surface area contributed by atoms with Crippen molar-refractivity contribution in [2.75, 3.05) is 5.32 Å². The summed E-state index contributed by atoms with van der Waals surface area (Å²) in [6.07, 6.45) is 1.16. The van der Waals surface area contributed by atoms with Crippen molar-refractivity contribution in [3.63, 3.8) is 0 Å². The van der Waals surface area contributed by atoms with Gasteiger partial charge in [-0.25, -0.2) is 9.97 Å². The number of amides is 2. The number of anilines is 1. The number of aromatic nitrogens is 4. The summed E-state index contributed by atoms with van der Waals surface area (Å²) in [5.74, 6) is -1.24. The molecular weight excluding hydrogens is 449 g/mol. The fourth-order valence-corrected chi connectivity index (χ4v) is 3.54. The summed E-state index contributed by atoms with van der Waals surface area (Å²) >= 11 is 0. The molecule has 34 heavy (non-hydrogen) atoms. The Kier molecular flexibility index (Phi) is 5.70. The summed E-state index contributed by atoms with van der Waals surface area (Å²) < 4.78 is 43.3. The number of alkyl halides is 3. The molecule has 2 amide bonds. The van der Waals surface area contributed by atoms with Crippen molar-refractivity contribution in [3.05, 3.63) is 83.8 Å². The van der Waals surface area contributed by atoms with Gasteiger partial charge in [0.05, 0.1) is 23.8 Å². The Morgan fingerprint density at radius 2 is 1.88 bits per heavy atom. The zero-order chi connectivity index (χ0) is 24.6. The number of imidazole rings is 2. The Hall–Kier alpha value is -4.41. The lowest BCUT2D eigenvalue weighted by Gasteiger charge is -2.14. The molecule has 2 aromatic heterocycles. The average molecular weight is 468 g/mol. The number of nitrogens with two attached hydrogens (primary N) is 1. The summed E-state index contributed by atoms with van der Waals surface area (Å²) in [5, 5.41) is 2.54. The summed E-state index contributed by atoms with van der Waals surface area (Å²) in [7, 11) is 1.62. The number of primary amides is 1. The molecule has 0 bridgehead atoms. The maximum absolute atomic E-state index is 13.5. The molecule has 0 spiro atoms. The third kappa shape index (κ3) is 4.40. The normalized spacial score (nSPS) is 11.4. The van der Waals surface area contributed by atoms with Crippen LogP contribution < -0.4 is 11.1 Å². The molecule has 0 radical (unpaired) electrons. The van der Waals surface area contributed by atoms with Crippen molar-refractivity contribution in [1.29, 1.82) is 0 Å². The minimum Gasteiger partial charge on any atom is -0.363 e. The maximum atomic E-state index is 13.5. The second kappa shape index (κ2) is 8.50. The fraction of sp³-hybridized carbons (Fsp3) is 0.130. The van der Waals surface area contributed by atoms with E-state index in [1.54, 1.807) is 25.2 Å². The van der Waals surface area contributed by atoms with Gasteiger partial charge in [-0.1, -0.05) is 6.07 Å². The van der Waals surface area contributed by atoms with Gasteiger partial charge in [0.15, 0.2) is 5.82 Å². The van der Waals surface area contributed by atoms with Crippen molar-refractivity contribution in [2.45, 2.75) is 13.1 Å². The number of halogens is 3. The van der Waals surface area contributed by atoms with E-state index in [1.807, 2.05) is 6.92 Å². The third-order valence-electron chi connectivity index (χ3n) is 5.29. The molecule has 0 unspecified atom stereocenters. The van der Waals surface area contributed by atoms with E-state index in [1.165, 1.54) is 40.1 Å². The minimum absolute atomic E-state index is 0.0257. The third-order valence-corrected chi connectivity index (χ3v) is 5.29. The zero-order valence-electron chi connectivity index (χ0n) is 18.1. The topological polar surface area (TPSA) is 108 Å². The first-order valence-corrected chi connectivity index (χ1v) is 9.99. The maximum Gasteiger partial charge on any atom is 0.416 e. The smallest absolute Gasteiger partial charge is 0.363 e. The Labute approximate surface area is 191 Å². The van der Waals surface area contributed by atoms with Crippen LogP contribution in [0.25, 0.3) is 16.9 Å². The number of hydrogen-bond acceptors (Lipinski definition) is 4. The standard InChI is InChI=1S/C23H19F3N6O2/c1-13-3-4-14(7-18(13)19-11-29-21(20(27)33)31(19)2)22(34)30-16-8-15(23(24,25)26)9-17(10-16)32-6-5-28-12-32/h3-12H,1-2H3,(H2,27,33)(H,30,34). The van der Waals surface area contributed by atoms with Crippen LogP contribution in [-0.4, -0.2) is 30.9 Å². The van der Waals surface area contributed by atoms with E-state index in [9.17, 15) is 22.8 Å². The molecule has 0 fully saturated rings. The SMILES string of the molecule is Cc1ccc(C(=O)Nc2cc(-n3ccnc3)cc(C(F)(F)F)c2)cc1-c1cnc(C(N)=O)n1C. The van der Waals surface area contributed by atoms with Gasteiger partial charge >= 0.3 is 6.18 Å². The predicted octanol–water partition coefficient (Wildman–Crippen LogP) is 3.95. The minimum atomic E-state index is -4.61. The Morgan fingerprint density at radius 3 is 2.50 bits per heavy atom. The molecule has 11 heteroatoms. The quantitative estimate of drug-likeness (QED) is 0.462. The summed E-state index contributed by atoms with van der Waals surface area (Å²) in [6.45, 7) is 1.82. The van der Waals surface area contributed by atoms with Crippen LogP contribution in [0.15, 0.2) is 61.3 Å². The lowest BCUT2D eigenvalue weighted by Crippen LogP contribution is -2.17. The Balaban J connectivity index is 1.69. The van der Waals surface area contributed by atoms with Crippen molar-refractivity contribution in [3.8, 4) is 16.9 Å². The lowest BCUT2D eigenvalue weighted by atomic mass is 10.0. The lowest BCUT2D eigenvalue weighted by molar-refractivity contribution is -0.137. The average Bonchev–Trinajstić information content (AvgIpc) is 3.43. The number of rotatable bonds is 5. The summed E-state index contributed by atoms with van der Waals surface area (Å²) in [5.41, 5.74) is 6.78. The van der Waals surface area contributed by atoms with Gasteiger partial charge in [0.1, 0.15) is 0 Å². The molecule has 0 atom stereocenters. The molecule has 0 aliphatic heterocycles. The molecule has 2 heterocycles. The van der Waals surface area contributed by atoms with Crippen molar-refractivity contribution < 1.29 is 22.8 Å². The van der Waals surface area contributed by atoms with Crippen LogP contribution in [0, 0.1) is 6.92 Å². The molecular formula is C23H19F3N6O2. The highest BCUT2D eigenvalue weighted by Gasteiger charge is 2.31. The van der Waals surface area contributed by atoms with Crippen LogP contribution in [0.5, 0.6) is 0 Å². The van der Waals surface area contributed by atoms with Gasteiger partial charge in [0.2, 0.25) is 0 Å². The number of nitrogens with zero attached hydrogens (tertiary/aromatic N) is 4. The van der Waals surface area contributed by atoms with E-state index in [0.29, 0.717) is 11.3 Å². The largest absolute Gasteiger partial charge is 0.416 e. The molecule has 0 saturated heterocycles. The van der Waals surface area contributed by atoms with Gasteiger partial charge in [0, 0.05) is 41.9 Å². The van der Waals surface area contributed by atoms with Crippen molar-refractivity contribution in [1.82, 2.24) is 19.1 Å². The number of carbonyl (C=O) groups excluding carboxylic acids is 2. The van der Waals surface area contributed by atoms with Gasteiger partial charge in [0.25, 0.3) is 11.8 Å². The Bertz CT molecular complexity index is 1390. The van der Waals surface area contributed by atoms with Crippen LogP contribution in [0.1, 0.15) is 32.1 Å². The predicted molar refractivity (Wildman–Crippen MR) is 118 cm³/mol. The van der Waals surface area contributed by atoms with E-state index in [4.69, 9.17) is 5.73 Å². The molecule has 3 N–H and O–H groups in total. The Morgan fingerprint density at radius 1 is 1.12 bits per heavy atom. The first-order valence-electron chi connectivity index (χ1n) is 9.99. The molecule has 8 nitrogen and oxygen atoms in total. The van der Waals surface area contributed by atoms with E-state index in [0.717, 1.165) is 17.7 Å². The molecule has 2 aromatic carbocycles. The van der Waals surface area contributed by atoms with Gasteiger partial charge in [-0.2, -0.15) is 13.2 Å². The van der Waals surface area contributed by atoms with Crippen LogP contribution in [-0.2, 0) is 13.2 Å². The number of hydrogen-bond donors (Lipinski definition) is 2. The highest BCUT2D eigenvalue weighted by Crippen LogP contribution is 2.33. The number of aryl methyl sites for hydroxylation is 1. The zero-order valence-corrected chi connectivity index (χ0v) is 18.1. The van der Waals surface area contributed by atoms with Gasteiger partial charge in [-0.3, -0.25) is 9.59 Å². The monoisotopic (exact) mass is 468 g/mol. The van der Waals surface area contributed by atoms with E-state index < -0.39 is 23.6 Å². The molecule has 0 aliphatic carbocycles. The fourth-order valence-electron chi connectivity index (χ4n) is 3.54. The van der Waals surface area contributed by atoms with Crippen LogP contribution >= 0.6 is 0 Å². The molecule has 174 valence electrons. The number of benzene rings is 2. The van der Waals surface area contributed by atoms with Crippen LogP contribution in [0.4, 0.5) is 18.9 Å². The summed E-state index contributed by atoms with van der Waals surface area (Å²) in [6, 6.07) is 8.10. The molecule has 0 aliphatic rings. The van der Waals surface area contributed by atoms with E-state index in [2.05, 4.69) is 15.3 Å². The van der Waals surface area contributed by atoms with E-state index in [-0.39, 0.29) is 22.8 Å². The van der Waals surface area contributed by atoms with Gasteiger partial charge in [-0.05, 0) is 42.8 Å². The number of carbonyl (C=O) groups is 2. The van der Waals surface area contributed by atoms with Gasteiger partial charge in [-0.15, -0.1) is 0 Å². The van der Waals surface area contributed by atoms with Gasteiger partial charge < -0.3 is 20.2 Å². The molecule has 4 rings (SSSR count). The first-order chi connectivity index (χ1) is 16.0. The second-order valence-electron chi connectivity index (χ2n) is 7.61. The van der Waals surface area contributed by atoms with Crippen molar-refractivity contribution >= 4 is 17.5 Å². The van der Waals surface area contributed by atoms with Crippen molar-refractivity contribution in [2.24, 2.45) is 12.8 Å². The van der Waals surface area contributed by atoms with Crippen LogP contribution in [0.3, 0.4) is 0 Å². The number of nitrogens with one attached hydrogen (secondary N) is 1. The molecule has 4 aromatic rings. The highest BCUT2D eigenvalue weighted by atomic mass is 19.4.